The van der Waals surface area contributed by atoms with E-state index in [0.717, 1.165) is 0 Å². The van der Waals surface area contributed by atoms with E-state index in [-0.39, 0.29) is 0 Å². The van der Waals surface area contributed by atoms with Crippen molar-refractivity contribution in [2.75, 3.05) is 19.6 Å². The van der Waals surface area contributed by atoms with Crippen LogP contribution >= 0.6 is 27.3 Å². The summed E-state index contributed by atoms with van der Waals surface area (Å²) in [4.78, 5) is 4.05. The van der Waals surface area contributed by atoms with Gasteiger partial charge in [0, 0.05) is 26.8 Å². The van der Waals surface area contributed by atoms with Crippen molar-refractivity contribution in [3.05, 3.63) is 20.8 Å². The first-order valence-electron chi connectivity index (χ1n) is 7.41. The molecule has 19 heavy (non-hydrogen) atoms. The molecule has 1 aromatic heterocycles. The molecular weight excluding hydrogens is 320 g/mol. The molecule has 1 unspecified atom stereocenters. The minimum Gasteiger partial charge on any atom is -0.307 e. The van der Waals surface area contributed by atoms with Crippen molar-refractivity contribution in [3.8, 4) is 0 Å². The van der Waals surface area contributed by atoms with Gasteiger partial charge in [-0.1, -0.05) is 13.3 Å². The third-order valence-corrected chi connectivity index (χ3v) is 5.79. The number of nitrogens with zero attached hydrogens (tertiary/aromatic N) is 1. The number of piperidine rings is 1. The van der Waals surface area contributed by atoms with Crippen LogP contribution in [0.25, 0.3) is 0 Å². The fourth-order valence-electron chi connectivity index (χ4n) is 2.70. The molecule has 0 aromatic carbocycles. The van der Waals surface area contributed by atoms with Crippen LogP contribution in [0.15, 0.2) is 15.9 Å². The lowest BCUT2D eigenvalue weighted by molar-refractivity contribution is 0.190. The molecular formula is C15H25BrN2S. The summed E-state index contributed by atoms with van der Waals surface area (Å²) in [6, 6.07) is 3.40. The van der Waals surface area contributed by atoms with Crippen LogP contribution in [-0.2, 0) is 0 Å². The highest BCUT2D eigenvalue weighted by atomic mass is 79.9. The van der Waals surface area contributed by atoms with Crippen LogP contribution in [0.5, 0.6) is 0 Å². The molecule has 0 amide bonds. The maximum Gasteiger partial charge on any atom is 0.0388 e. The van der Waals surface area contributed by atoms with Crippen molar-refractivity contribution in [1.82, 2.24) is 10.2 Å². The van der Waals surface area contributed by atoms with Crippen molar-refractivity contribution in [2.24, 2.45) is 0 Å². The Morgan fingerprint density at radius 2 is 2.21 bits per heavy atom. The van der Waals surface area contributed by atoms with E-state index >= 15 is 0 Å². The largest absolute Gasteiger partial charge is 0.307 e. The number of halogens is 1. The van der Waals surface area contributed by atoms with E-state index in [1.54, 1.807) is 0 Å². The minimum atomic E-state index is 0.475. The van der Waals surface area contributed by atoms with Gasteiger partial charge >= 0.3 is 0 Å². The van der Waals surface area contributed by atoms with Gasteiger partial charge in [0.1, 0.15) is 0 Å². The molecule has 2 heterocycles. The molecule has 0 saturated carbocycles. The lowest BCUT2D eigenvalue weighted by Crippen LogP contribution is -2.43. The Morgan fingerprint density at radius 3 is 2.79 bits per heavy atom. The molecule has 1 aromatic rings. The van der Waals surface area contributed by atoms with Gasteiger partial charge in [0.05, 0.1) is 0 Å². The quantitative estimate of drug-likeness (QED) is 0.821. The molecule has 1 N–H and O–H groups in total. The third kappa shape index (κ3) is 4.85. The van der Waals surface area contributed by atoms with Gasteiger partial charge in [-0.25, -0.2) is 0 Å². The summed E-state index contributed by atoms with van der Waals surface area (Å²) in [5.41, 5.74) is 0. The Labute approximate surface area is 129 Å². The molecule has 1 saturated heterocycles. The smallest absolute Gasteiger partial charge is 0.0388 e. The third-order valence-electron chi connectivity index (χ3n) is 3.92. The molecule has 0 spiro atoms. The number of hydrogen-bond acceptors (Lipinski definition) is 3. The lowest BCUT2D eigenvalue weighted by atomic mass is 10.0. The average Bonchev–Trinajstić information content (AvgIpc) is 2.85. The summed E-state index contributed by atoms with van der Waals surface area (Å²) in [7, 11) is 0. The summed E-state index contributed by atoms with van der Waals surface area (Å²) in [5.74, 6) is 0. The fraction of sp³-hybridized carbons (Fsp3) is 0.733. The molecule has 0 radical (unpaired) electrons. The van der Waals surface area contributed by atoms with Crippen molar-refractivity contribution < 1.29 is 0 Å². The highest BCUT2D eigenvalue weighted by Crippen LogP contribution is 2.26. The van der Waals surface area contributed by atoms with Crippen molar-refractivity contribution in [2.45, 2.75) is 51.6 Å². The molecule has 1 aliphatic rings. The second-order valence-electron chi connectivity index (χ2n) is 5.53. The van der Waals surface area contributed by atoms with Crippen LogP contribution in [-0.4, -0.2) is 30.6 Å². The Hall–Kier alpha value is 0.1000. The van der Waals surface area contributed by atoms with Gasteiger partial charge in [0.25, 0.3) is 0 Å². The Balaban J connectivity index is 1.73. The zero-order valence-electron chi connectivity index (χ0n) is 12.0. The van der Waals surface area contributed by atoms with Gasteiger partial charge in [-0.15, -0.1) is 11.3 Å². The molecule has 2 rings (SSSR count). The Morgan fingerprint density at radius 1 is 1.47 bits per heavy atom. The van der Waals surface area contributed by atoms with Crippen LogP contribution in [0.4, 0.5) is 0 Å². The molecule has 1 aliphatic heterocycles. The molecule has 0 aliphatic carbocycles. The standard InChI is InChI=1S/C15H25BrN2S/c1-3-4-7-18-8-5-14(6-9-18)17-12(2)15-10-13(16)11-19-15/h10-12,14,17H,3-9H2,1-2H3. The van der Waals surface area contributed by atoms with Gasteiger partial charge in [0.2, 0.25) is 0 Å². The second kappa shape index (κ2) is 7.77. The zero-order chi connectivity index (χ0) is 13.7. The Kier molecular flexibility index (Phi) is 6.33. The first kappa shape index (κ1) is 15.5. The van der Waals surface area contributed by atoms with E-state index in [0.29, 0.717) is 12.1 Å². The first-order chi connectivity index (χ1) is 9.19. The summed E-state index contributed by atoms with van der Waals surface area (Å²) < 4.78 is 1.20. The number of hydrogen-bond donors (Lipinski definition) is 1. The Bertz CT molecular complexity index is 372. The van der Waals surface area contributed by atoms with Crippen LogP contribution in [0, 0.1) is 0 Å². The summed E-state index contributed by atoms with van der Waals surface area (Å²) in [6.07, 6.45) is 5.24. The maximum atomic E-state index is 3.79. The fourth-order valence-corrected chi connectivity index (χ4v) is 4.16. The topological polar surface area (TPSA) is 15.3 Å². The number of thiophene rings is 1. The number of unbranched alkanes of at least 4 members (excludes halogenated alkanes) is 1. The van der Waals surface area contributed by atoms with E-state index in [9.17, 15) is 0 Å². The van der Waals surface area contributed by atoms with Gasteiger partial charge in [0.15, 0.2) is 0 Å². The van der Waals surface area contributed by atoms with E-state index in [4.69, 9.17) is 0 Å². The summed E-state index contributed by atoms with van der Waals surface area (Å²) >= 11 is 5.37. The highest BCUT2D eigenvalue weighted by molar-refractivity contribution is 9.10. The SMILES string of the molecule is CCCCN1CCC(NC(C)c2cc(Br)cs2)CC1. The molecule has 1 fully saturated rings. The minimum absolute atomic E-state index is 0.475. The number of rotatable bonds is 6. The van der Waals surface area contributed by atoms with E-state index in [1.807, 2.05) is 11.3 Å². The van der Waals surface area contributed by atoms with Gasteiger partial charge < -0.3 is 10.2 Å². The summed E-state index contributed by atoms with van der Waals surface area (Å²) in [6.45, 7) is 8.37. The molecule has 108 valence electrons. The maximum absolute atomic E-state index is 3.79. The summed E-state index contributed by atoms with van der Waals surface area (Å²) in [5, 5.41) is 5.96. The predicted molar refractivity (Wildman–Crippen MR) is 87.9 cm³/mol. The van der Waals surface area contributed by atoms with E-state index in [1.165, 1.54) is 54.7 Å². The van der Waals surface area contributed by atoms with Crippen LogP contribution in [0.3, 0.4) is 0 Å². The highest BCUT2D eigenvalue weighted by Gasteiger charge is 2.20. The molecule has 1 atom stereocenters. The van der Waals surface area contributed by atoms with Gasteiger partial charge in [-0.2, -0.15) is 0 Å². The van der Waals surface area contributed by atoms with Gasteiger partial charge in [-0.05, 0) is 67.8 Å². The van der Waals surface area contributed by atoms with E-state index < -0.39 is 0 Å². The lowest BCUT2D eigenvalue weighted by Gasteiger charge is -2.33. The van der Waals surface area contributed by atoms with Crippen molar-refractivity contribution in [3.63, 3.8) is 0 Å². The van der Waals surface area contributed by atoms with Crippen molar-refractivity contribution >= 4 is 27.3 Å². The molecule has 4 heteroatoms. The van der Waals surface area contributed by atoms with E-state index in [2.05, 4.69) is 51.4 Å². The molecule has 0 bridgehead atoms. The average molecular weight is 345 g/mol. The second-order valence-corrected chi connectivity index (χ2v) is 7.38. The number of likely N-dealkylation sites (tertiary alicyclic amines) is 1. The van der Waals surface area contributed by atoms with Gasteiger partial charge in [-0.3, -0.25) is 0 Å². The van der Waals surface area contributed by atoms with Crippen LogP contribution < -0.4 is 5.32 Å². The normalized spacial score (nSPS) is 19.7. The van der Waals surface area contributed by atoms with Crippen LogP contribution in [0.2, 0.25) is 0 Å². The predicted octanol–water partition coefficient (Wildman–Crippen LogP) is 4.43. The van der Waals surface area contributed by atoms with Crippen LogP contribution in [0.1, 0.15) is 50.4 Å². The monoisotopic (exact) mass is 344 g/mol. The first-order valence-corrected chi connectivity index (χ1v) is 9.08. The zero-order valence-corrected chi connectivity index (χ0v) is 14.4. The molecule has 2 nitrogen and oxygen atoms in total. The number of nitrogens with one attached hydrogen (secondary N) is 1. The van der Waals surface area contributed by atoms with Crippen molar-refractivity contribution in [1.29, 1.82) is 0 Å².